The number of carbonyl (C=O) groups excluding carboxylic acids is 2. The normalized spacial score (nSPS) is 11.1. The van der Waals surface area contributed by atoms with E-state index in [0.717, 1.165) is 4.68 Å². The Morgan fingerprint density at radius 1 is 1.12 bits per heavy atom. The smallest absolute Gasteiger partial charge is 0.347 e. The Morgan fingerprint density at radius 3 is 2.35 bits per heavy atom. The van der Waals surface area contributed by atoms with Gasteiger partial charge < -0.3 is 10.6 Å². The fourth-order valence-electron chi connectivity index (χ4n) is 1.97. The van der Waals surface area contributed by atoms with E-state index in [4.69, 9.17) is 0 Å². The minimum absolute atomic E-state index is 0.0442. The molecule has 2 amide bonds. The van der Waals surface area contributed by atoms with E-state index >= 15 is 0 Å². The lowest BCUT2D eigenvalue weighted by Crippen LogP contribution is -2.34. The van der Waals surface area contributed by atoms with E-state index in [0.29, 0.717) is 11.3 Å². The van der Waals surface area contributed by atoms with E-state index in [1.165, 1.54) is 43.4 Å². The van der Waals surface area contributed by atoms with Gasteiger partial charge >= 0.3 is 6.18 Å². The highest BCUT2D eigenvalue weighted by Crippen LogP contribution is 2.13. The van der Waals surface area contributed by atoms with Crippen LogP contribution in [0.4, 0.5) is 18.9 Å². The van der Waals surface area contributed by atoms with Crippen LogP contribution in [-0.4, -0.2) is 34.3 Å². The zero-order chi connectivity index (χ0) is 19.3. The van der Waals surface area contributed by atoms with E-state index in [9.17, 15) is 27.6 Å². The Labute approximate surface area is 145 Å². The molecule has 0 aliphatic rings. The molecule has 2 rings (SSSR count). The lowest BCUT2D eigenvalue weighted by molar-refractivity contribution is -0.138. The van der Waals surface area contributed by atoms with Crippen LogP contribution in [-0.2, 0) is 18.3 Å². The summed E-state index contributed by atoms with van der Waals surface area (Å²) >= 11 is 0. The lowest BCUT2D eigenvalue weighted by Gasteiger charge is -2.09. The molecule has 26 heavy (non-hydrogen) atoms. The second-order valence-electron chi connectivity index (χ2n) is 5.40. The maximum absolute atomic E-state index is 12.1. The molecule has 0 unspecified atom stereocenters. The van der Waals surface area contributed by atoms with Crippen LogP contribution >= 0.6 is 0 Å². The van der Waals surface area contributed by atoms with Crippen LogP contribution in [0.1, 0.15) is 16.1 Å². The Bertz CT molecular complexity index is 860. The molecule has 138 valence electrons. The predicted molar refractivity (Wildman–Crippen MR) is 86.6 cm³/mol. The maximum atomic E-state index is 12.1. The first-order valence-electron chi connectivity index (χ1n) is 7.42. The first kappa shape index (κ1) is 19.2. The second kappa shape index (κ2) is 7.81. The molecule has 0 saturated carbocycles. The Kier molecular flexibility index (Phi) is 5.75. The summed E-state index contributed by atoms with van der Waals surface area (Å²) in [4.78, 5) is 34.8. The molecule has 0 atom stereocenters. The summed E-state index contributed by atoms with van der Waals surface area (Å²) in [5, 5.41) is 8.16. The first-order valence-corrected chi connectivity index (χ1v) is 7.42. The zero-order valence-electron chi connectivity index (χ0n) is 13.6. The number of amides is 2. The van der Waals surface area contributed by atoms with Crippen molar-refractivity contribution < 1.29 is 22.8 Å². The SMILES string of the molecule is Cn1nc(C(=O)Nc2ccc(CC(=O)NCC(F)(F)F)cc2)ccc1=O. The van der Waals surface area contributed by atoms with Crippen molar-refractivity contribution in [3.63, 3.8) is 0 Å². The van der Waals surface area contributed by atoms with Crippen molar-refractivity contribution in [2.45, 2.75) is 12.6 Å². The first-order chi connectivity index (χ1) is 12.1. The van der Waals surface area contributed by atoms with E-state index < -0.39 is 24.5 Å². The molecule has 0 saturated heterocycles. The summed E-state index contributed by atoms with van der Waals surface area (Å²) < 4.78 is 37.1. The number of carbonyl (C=O) groups is 2. The zero-order valence-corrected chi connectivity index (χ0v) is 13.6. The lowest BCUT2D eigenvalue weighted by atomic mass is 10.1. The van der Waals surface area contributed by atoms with Gasteiger partial charge in [-0.15, -0.1) is 0 Å². The molecular formula is C16H15F3N4O3. The molecular weight excluding hydrogens is 353 g/mol. The summed E-state index contributed by atoms with van der Waals surface area (Å²) in [7, 11) is 1.41. The third-order valence-corrected chi connectivity index (χ3v) is 3.26. The van der Waals surface area contributed by atoms with Crippen molar-refractivity contribution in [3.8, 4) is 0 Å². The monoisotopic (exact) mass is 368 g/mol. The number of rotatable bonds is 5. The van der Waals surface area contributed by atoms with Crippen LogP contribution in [0.3, 0.4) is 0 Å². The van der Waals surface area contributed by atoms with Gasteiger partial charge in [-0.05, 0) is 23.8 Å². The van der Waals surface area contributed by atoms with Gasteiger partial charge in [0.2, 0.25) is 5.91 Å². The third kappa shape index (κ3) is 5.72. The molecule has 2 aromatic rings. The molecule has 1 heterocycles. The number of benzene rings is 1. The average Bonchev–Trinajstić information content (AvgIpc) is 2.56. The average molecular weight is 368 g/mol. The van der Waals surface area contributed by atoms with E-state index in [-0.39, 0.29) is 17.7 Å². The standard InChI is InChI=1S/C16H15F3N4O3/c1-23-14(25)7-6-12(22-23)15(26)21-11-4-2-10(3-5-11)8-13(24)20-9-16(17,18)19/h2-7H,8-9H2,1H3,(H,20,24)(H,21,26). The summed E-state index contributed by atoms with van der Waals surface area (Å²) in [6, 6.07) is 8.54. The highest BCUT2D eigenvalue weighted by molar-refractivity contribution is 6.02. The topological polar surface area (TPSA) is 93.1 Å². The number of aromatic nitrogens is 2. The van der Waals surface area contributed by atoms with Crippen LogP contribution in [0.15, 0.2) is 41.2 Å². The number of nitrogens with one attached hydrogen (secondary N) is 2. The predicted octanol–water partition coefficient (Wildman–Crippen LogP) is 1.25. The molecule has 1 aromatic carbocycles. The van der Waals surface area contributed by atoms with Gasteiger partial charge in [-0.2, -0.15) is 18.3 Å². The third-order valence-electron chi connectivity index (χ3n) is 3.26. The summed E-state index contributed by atoms with van der Waals surface area (Å²) in [5.41, 5.74) is 0.588. The van der Waals surface area contributed by atoms with E-state index in [1.54, 1.807) is 5.32 Å². The minimum Gasteiger partial charge on any atom is -0.347 e. The minimum atomic E-state index is -4.46. The van der Waals surface area contributed by atoms with Gasteiger partial charge in [0, 0.05) is 18.8 Å². The maximum Gasteiger partial charge on any atom is 0.405 e. The van der Waals surface area contributed by atoms with E-state index in [1.807, 2.05) is 0 Å². The van der Waals surface area contributed by atoms with Gasteiger partial charge in [0.15, 0.2) is 0 Å². The Morgan fingerprint density at radius 2 is 1.77 bits per heavy atom. The second-order valence-corrected chi connectivity index (χ2v) is 5.40. The van der Waals surface area contributed by atoms with Crippen LogP contribution in [0, 0.1) is 0 Å². The number of hydrogen-bond donors (Lipinski definition) is 2. The number of anilines is 1. The van der Waals surface area contributed by atoms with Crippen molar-refractivity contribution in [3.05, 3.63) is 58.0 Å². The van der Waals surface area contributed by atoms with Crippen LogP contribution in [0.5, 0.6) is 0 Å². The van der Waals surface area contributed by atoms with Crippen molar-refractivity contribution in [1.29, 1.82) is 0 Å². The molecule has 0 bridgehead atoms. The van der Waals surface area contributed by atoms with Crippen molar-refractivity contribution in [2.24, 2.45) is 7.05 Å². The molecule has 7 nitrogen and oxygen atoms in total. The van der Waals surface area contributed by atoms with Gasteiger partial charge in [-0.3, -0.25) is 14.4 Å². The van der Waals surface area contributed by atoms with Crippen molar-refractivity contribution in [2.75, 3.05) is 11.9 Å². The van der Waals surface area contributed by atoms with Crippen LogP contribution in [0.25, 0.3) is 0 Å². The summed E-state index contributed by atoms with van der Waals surface area (Å²) in [5.74, 6) is -1.29. The van der Waals surface area contributed by atoms with Crippen molar-refractivity contribution >= 4 is 17.5 Å². The number of halogens is 3. The number of nitrogens with zero attached hydrogens (tertiary/aromatic N) is 2. The Balaban J connectivity index is 1.94. The van der Waals surface area contributed by atoms with Gasteiger partial charge in [-0.25, -0.2) is 4.68 Å². The van der Waals surface area contributed by atoms with Gasteiger partial charge in [0.05, 0.1) is 6.42 Å². The molecule has 1 aromatic heterocycles. The molecule has 0 radical (unpaired) electrons. The number of hydrogen-bond acceptors (Lipinski definition) is 4. The van der Waals surface area contributed by atoms with Crippen molar-refractivity contribution in [1.82, 2.24) is 15.1 Å². The molecule has 10 heteroatoms. The summed E-state index contributed by atoms with van der Waals surface area (Å²) in [6.07, 6.45) is -4.68. The fourth-order valence-corrected chi connectivity index (χ4v) is 1.97. The molecule has 0 spiro atoms. The molecule has 0 aliphatic carbocycles. The quantitative estimate of drug-likeness (QED) is 0.831. The number of aryl methyl sites for hydroxylation is 1. The van der Waals surface area contributed by atoms with Crippen LogP contribution in [0.2, 0.25) is 0 Å². The summed E-state index contributed by atoms with van der Waals surface area (Å²) in [6.45, 7) is -1.38. The molecule has 2 N–H and O–H groups in total. The largest absolute Gasteiger partial charge is 0.405 e. The highest BCUT2D eigenvalue weighted by atomic mass is 19.4. The Hall–Kier alpha value is -3.17. The van der Waals surface area contributed by atoms with Crippen LogP contribution < -0.4 is 16.2 Å². The number of alkyl halides is 3. The molecule has 0 fully saturated rings. The van der Waals surface area contributed by atoms with Gasteiger partial charge in [0.1, 0.15) is 12.2 Å². The fraction of sp³-hybridized carbons (Fsp3) is 0.250. The highest BCUT2D eigenvalue weighted by Gasteiger charge is 2.27. The molecule has 0 aliphatic heterocycles. The van der Waals surface area contributed by atoms with Gasteiger partial charge in [-0.1, -0.05) is 12.1 Å². The van der Waals surface area contributed by atoms with E-state index in [2.05, 4.69) is 10.4 Å². The van der Waals surface area contributed by atoms with Gasteiger partial charge in [0.25, 0.3) is 11.5 Å².